The number of hydrogen-bond donors (Lipinski definition) is 1. The van der Waals surface area contributed by atoms with Gasteiger partial charge < -0.3 is 24.2 Å². The summed E-state index contributed by atoms with van der Waals surface area (Å²) in [6.07, 6.45) is 12.5. The predicted molar refractivity (Wildman–Crippen MR) is 196 cm³/mol. The Labute approximate surface area is 303 Å². The lowest BCUT2D eigenvalue weighted by molar-refractivity contribution is 0.0512. The maximum Gasteiger partial charge on any atom is 0.407 e. The van der Waals surface area contributed by atoms with E-state index >= 15 is 4.39 Å². The van der Waals surface area contributed by atoms with Gasteiger partial charge in [-0.1, -0.05) is 44.7 Å². The summed E-state index contributed by atoms with van der Waals surface area (Å²) < 4.78 is 34.8. The van der Waals surface area contributed by atoms with Crippen LogP contribution in [0.25, 0.3) is 32.9 Å². The van der Waals surface area contributed by atoms with E-state index in [2.05, 4.69) is 29.6 Å². The zero-order chi connectivity index (χ0) is 36.1. The maximum absolute atomic E-state index is 17.3. The van der Waals surface area contributed by atoms with E-state index in [1.165, 1.54) is 7.11 Å². The number of hydrogen-bond acceptors (Lipinski definition) is 9. The minimum absolute atomic E-state index is 0.0126. The van der Waals surface area contributed by atoms with Crippen LogP contribution in [0.1, 0.15) is 57.9 Å². The smallest absolute Gasteiger partial charge is 0.407 e. The number of halogens is 1. The first-order valence-corrected chi connectivity index (χ1v) is 18.4. The lowest BCUT2D eigenvalue weighted by Gasteiger charge is -2.40. The summed E-state index contributed by atoms with van der Waals surface area (Å²) in [6.45, 7) is 7.90. The molecule has 272 valence electrons. The van der Waals surface area contributed by atoms with Crippen LogP contribution >= 0.6 is 0 Å². The first-order valence-electron chi connectivity index (χ1n) is 18.4. The minimum Gasteiger partial charge on any atom is -0.468 e. The third kappa shape index (κ3) is 5.84. The first-order chi connectivity index (χ1) is 25.2. The minimum atomic E-state index is -0.913. The average Bonchev–Trinajstić information content (AvgIpc) is 3.77. The number of carbonyl (C=O) groups is 1. The molecule has 2 unspecified atom stereocenters. The number of ether oxygens (including phenoxy) is 3. The highest BCUT2D eigenvalue weighted by atomic mass is 19.1. The van der Waals surface area contributed by atoms with Gasteiger partial charge in [-0.25, -0.2) is 9.18 Å². The van der Waals surface area contributed by atoms with Crippen LogP contribution in [0.4, 0.5) is 15.0 Å². The number of benzene rings is 2. The van der Waals surface area contributed by atoms with Gasteiger partial charge in [0.25, 0.3) is 0 Å². The largest absolute Gasteiger partial charge is 0.468 e. The third-order valence-corrected chi connectivity index (χ3v) is 11.9. The molecule has 6 heterocycles. The highest BCUT2D eigenvalue weighted by molar-refractivity contribution is 6.03. The van der Waals surface area contributed by atoms with Crippen LogP contribution in [0.2, 0.25) is 0 Å². The zero-order valence-corrected chi connectivity index (χ0v) is 30.0. The standard InChI is InChI=1S/C40H45FN6O5/c1-5-24-15-40(16-25(6-2)19-46(40)18-24)22-51-38-43-36-32(37(44-38)45-20-28-11-12-29(21-45)47(28)39(48)49)17-42-35(34(36)41)31-14-30(52-23-50-4)13-27-10-8-9-26(7-3)33(27)31/h3,8-10,13-14,17,24-25,28-29H,5-6,11-12,15-16,18-23H2,1-2,4H3,(H,48,49)/t24?,25?,28-,29+,40?. The fourth-order valence-electron chi connectivity index (χ4n) is 9.41. The predicted octanol–water partition coefficient (Wildman–Crippen LogP) is 6.56. The SMILES string of the molecule is C#Cc1cccc2cc(OCOC)cc(-c3ncc4c(N5C[C@H]6CC[C@@H](C5)N6C(=O)O)nc(OCC56CC(CC)CN5CC(CC)C6)nc4c3F)c12. The van der Waals surface area contributed by atoms with E-state index in [0.29, 0.717) is 65.0 Å². The summed E-state index contributed by atoms with van der Waals surface area (Å²) in [5.41, 5.74) is 1.11. The molecule has 4 aliphatic heterocycles. The van der Waals surface area contributed by atoms with Gasteiger partial charge in [-0.3, -0.25) is 14.8 Å². The molecule has 8 rings (SSSR count). The van der Waals surface area contributed by atoms with Crippen LogP contribution in [0.15, 0.2) is 36.5 Å². The Hall–Kier alpha value is -4.73. The second-order valence-corrected chi connectivity index (χ2v) is 14.9. The van der Waals surface area contributed by atoms with Gasteiger partial charge in [0.1, 0.15) is 29.4 Å². The van der Waals surface area contributed by atoms with Crippen molar-refractivity contribution >= 4 is 33.6 Å². The van der Waals surface area contributed by atoms with Crippen molar-refractivity contribution in [1.29, 1.82) is 0 Å². The maximum atomic E-state index is 17.3. The molecule has 2 aromatic heterocycles. The number of piperazine rings is 1. The number of amides is 1. The lowest BCUT2D eigenvalue weighted by Crippen LogP contribution is -2.55. The molecule has 12 heteroatoms. The van der Waals surface area contributed by atoms with Crippen molar-refractivity contribution in [2.75, 3.05) is 51.6 Å². The number of nitrogens with zero attached hydrogens (tertiary/aromatic N) is 6. The summed E-state index contributed by atoms with van der Waals surface area (Å²) in [4.78, 5) is 32.8. The summed E-state index contributed by atoms with van der Waals surface area (Å²) in [5.74, 6) is 4.30. The van der Waals surface area contributed by atoms with Gasteiger partial charge in [0, 0.05) is 56.0 Å². The Morgan fingerprint density at radius 1 is 1.06 bits per heavy atom. The molecule has 0 aliphatic carbocycles. The summed E-state index contributed by atoms with van der Waals surface area (Å²) in [7, 11) is 1.54. The molecule has 4 atom stereocenters. The van der Waals surface area contributed by atoms with Gasteiger partial charge >= 0.3 is 12.1 Å². The van der Waals surface area contributed by atoms with E-state index in [1.807, 2.05) is 24.3 Å². The van der Waals surface area contributed by atoms with Gasteiger partial charge in [0.05, 0.1) is 23.0 Å². The quantitative estimate of drug-likeness (QED) is 0.144. The van der Waals surface area contributed by atoms with E-state index in [0.717, 1.165) is 57.0 Å². The fourth-order valence-corrected chi connectivity index (χ4v) is 9.41. The van der Waals surface area contributed by atoms with Crippen molar-refractivity contribution in [3.8, 4) is 35.4 Å². The highest BCUT2D eigenvalue weighted by Gasteiger charge is 2.51. The van der Waals surface area contributed by atoms with Gasteiger partial charge in [0.2, 0.25) is 0 Å². The second-order valence-electron chi connectivity index (χ2n) is 14.9. The van der Waals surface area contributed by atoms with Crippen molar-refractivity contribution in [2.45, 2.75) is 70.0 Å². The van der Waals surface area contributed by atoms with Crippen LogP contribution in [-0.4, -0.2) is 100 Å². The molecule has 4 saturated heterocycles. The number of fused-ring (bicyclic) bond motifs is 5. The van der Waals surface area contributed by atoms with Crippen molar-refractivity contribution in [1.82, 2.24) is 24.8 Å². The monoisotopic (exact) mass is 708 g/mol. The lowest BCUT2D eigenvalue weighted by atomic mass is 9.86. The molecular weight excluding hydrogens is 663 g/mol. The zero-order valence-electron chi connectivity index (χ0n) is 30.0. The molecule has 11 nitrogen and oxygen atoms in total. The van der Waals surface area contributed by atoms with Gasteiger partial charge in [-0.15, -0.1) is 6.42 Å². The Morgan fingerprint density at radius 2 is 1.79 bits per heavy atom. The van der Waals surface area contributed by atoms with Gasteiger partial charge in [0.15, 0.2) is 12.6 Å². The van der Waals surface area contributed by atoms with Crippen LogP contribution in [0.5, 0.6) is 11.8 Å². The van der Waals surface area contributed by atoms with E-state index in [4.69, 9.17) is 35.6 Å². The highest BCUT2D eigenvalue weighted by Crippen LogP contribution is 2.46. The van der Waals surface area contributed by atoms with E-state index < -0.39 is 11.9 Å². The average molecular weight is 709 g/mol. The first kappa shape index (κ1) is 34.4. The van der Waals surface area contributed by atoms with Crippen molar-refractivity contribution < 1.29 is 28.5 Å². The molecular formula is C40H45FN6O5. The third-order valence-electron chi connectivity index (χ3n) is 11.9. The van der Waals surface area contributed by atoms with E-state index in [-0.39, 0.29) is 41.6 Å². The van der Waals surface area contributed by atoms with Crippen molar-refractivity contribution in [3.63, 3.8) is 0 Å². The normalized spacial score (nSPS) is 25.5. The molecule has 4 aromatic rings. The molecule has 1 amide bonds. The molecule has 4 fully saturated rings. The van der Waals surface area contributed by atoms with Crippen molar-refractivity contribution in [3.05, 3.63) is 47.9 Å². The Kier molecular flexibility index (Phi) is 9.04. The number of aromatic nitrogens is 3. The molecule has 52 heavy (non-hydrogen) atoms. The number of terminal acetylenes is 1. The van der Waals surface area contributed by atoms with Crippen LogP contribution in [0.3, 0.4) is 0 Å². The number of anilines is 1. The molecule has 4 aliphatic rings. The van der Waals surface area contributed by atoms with Crippen LogP contribution in [-0.2, 0) is 4.74 Å². The van der Waals surface area contributed by atoms with Crippen LogP contribution in [0, 0.1) is 30.0 Å². The number of pyridine rings is 1. The second kappa shape index (κ2) is 13.7. The fraction of sp³-hybridized carbons (Fsp3) is 0.500. The number of methoxy groups -OCH3 is 1. The molecule has 0 saturated carbocycles. The van der Waals surface area contributed by atoms with Crippen molar-refractivity contribution in [2.24, 2.45) is 11.8 Å². The number of rotatable bonds is 10. The molecule has 0 radical (unpaired) electrons. The Balaban J connectivity index is 1.25. The molecule has 2 aromatic carbocycles. The molecule has 2 bridgehead atoms. The van der Waals surface area contributed by atoms with Crippen LogP contribution < -0.4 is 14.4 Å². The summed E-state index contributed by atoms with van der Waals surface area (Å²) in [6, 6.07) is 8.87. The van der Waals surface area contributed by atoms with E-state index in [1.54, 1.807) is 17.2 Å². The van der Waals surface area contributed by atoms with E-state index in [9.17, 15) is 9.90 Å². The Morgan fingerprint density at radius 3 is 2.44 bits per heavy atom. The summed E-state index contributed by atoms with van der Waals surface area (Å²) in [5, 5.41) is 11.8. The molecule has 1 N–H and O–H groups in total. The number of carboxylic acid groups (broad SMARTS) is 1. The topological polar surface area (TPSA) is 113 Å². The van der Waals surface area contributed by atoms with Gasteiger partial charge in [-0.05, 0) is 61.1 Å². The van der Waals surface area contributed by atoms with Gasteiger partial charge in [-0.2, -0.15) is 9.97 Å². The Bertz CT molecular complexity index is 2040. The summed E-state index contributed by atoms with van der Waals surface area (Å²) >= 11 is 0. The molecule has 0 spiro atoms.